The minimum atomic E-state index is -4.55. The molecule has 0 saturated carbocycles. The number of alkyl halides is 3. The van der Waals surface area contributed by atoms with Crippen molar-refractivity contribution in [1.29, 1.82) is 0 Å². The summed E-state index contributed by atoms with van der Waals surface area (Å²) in [7, 11) is 0. The first-order chi connectivity index (χ1) is 8.51. The Bertz CT molecular complexity index is 480. The summed E-state index contributed by atoms with van der Waals surface area (Å²) >= 11 is 0. The second kappa shape index (κ2) is 5.07. The van der Waals surface area contributed by atoms with E-state index in [2.05, 4.69) is 4.98 Å². The van der Waals surface area contributed by atoms with Gasteiger partial charge in [0.2, 0.25) is 5.56 Å². The minimum Gasteiger partial charge on any atom is -0.340 e. The summed E-state index contributed by atoms with van der Waals surface area (Å²) in [6.07, 6.45) is -3.47. The number of hydrogen-bond acceptors (Lipinski definition) is 2. The predicted molar refractivity (Wildman–Crippen MR) is 63.8 cm³/mol. The topological polar surface area (TPSA) is 62.0 Å². The Kier molecular flexibility index (Phi) is 4.07. The highest BCUT2D eigenvalue weighted by molar-refractivity contribution is 5.94. The second-order valence-corrected chi connectivity index (χ2v) is 5.26. The van der Waals surface area contributed by atoms with Crippen molar-refractivity contribution in [3.05, 3.63) is 34.2 Å². The minimum absolute atomic E-state index is 0.0295. The van der Waals surface area contributed by atoms with Crippen molar-refractivity contribution >= 4 is 5.91 Å². The number of carbonyl (C=O) groups excluding carboxylic acids is 1. The van der Waals surface area contributed by atoms with Gasteiger partial charge in [-0.15, -0.1) is 0 Å². The van der Waals surface area contributed by atoms with E-state index in [0.717, 1.165) is 12.3 Å². The summed E-state index contributed by atoms with van der Waals surface area (Å²) in [5.74, 6) is -0.881. The van der Waals surface area contributed by atoms with Gasteiger partial charge in [-0.3, -0.25) is 9.59 Å². The normalized spacial score (nSPS) is 14.0. The second-order valence-electron chi connectivity index (χ2n) is 5.26. The van der Waals surface area contributed by atoms with Crippen LogP contribution in [-0.2, 0) is 0 Å². The molecule has 0 saturated heterocycles. The maximum Gasteiger partial charge on any atom is 0.409 e. The van der Waals surface area contributed by atoms with Crippen LogP contribution in [0.15, 0.2) is 23.1 Å². The van der Waals surface area contributed by atoms with Crippen molar-refractivity contribution in [1.82, 2.24) is 10.3 Å². The highest BCUT2D eigenvalue weighted by atomic mass is 19.4. The summed E-state index contributed by atoms with van der Waals surface area (Å²) in [6, 6.07) is 0.276. The zero-order valence-corrected chi connectivity index (χ0v) is 10.8. The van der Waals surface area contributed by atoms with E-state index in [9.17, 15) is 22.8 Å². The van der Waals surface area contributed by atoms with Crippen LogP contribution in [0.1, 0.15) is 31.1 Å². The first-order valence-corrected chi connectivity index (χ1v) is 5.58. The van der Waals surface area contributed by atoms with E-state index in [1.807, 2.05) is 5.32 Å². The van der Waals surface area contributed by atoms with E-state index in [0.29, 0.717) is 0 Å². The Balaban J connectivity index is 2.95. The molecule has 4 nitrogen and oxygen atoms in total. The first-order valence-electron chi connectivity index (χ1n) is 5.58. The summed E-state index contributed by atoms with van der Waals surface area (Å²) in [6.45, 7) is 4.16. The molecule has 0 unspecified atom stereocenters. The van der Waals surface area contributed by atoms with Crippen molar-refractivity contribution in [2.24, 2.45) is 5.41 Å². The zero-order valence-electron chi connectivity index (χ0n) is 10.8. The van der Waals surface area contributed by atoms with Crippen molar-refractivity contribution in [2.45, 2.75) is 33.0 Å². The molecular formula is C12H15F3N2O2. The van der Waals surface area contributed by atoms with Gasteiger partial charge >= 0.3 is 6.18 Å². The lowest BCUT2D eigenvalue weighted by Crippen LogP contribution is -2.53. The molecule has 0 aliphatic heterocycles. The molecule has 0 aliphatic carbocycles. The summed E-state index contributed by atoms with van der Waals surface area (Å²) in [4.78, 5) is 24.8. The predicted octanol–water partition coefficient (Wildman–Crippen LogP) is 2.08. The standard InChI is InChI=1S/C12H15F3N2O2/c1-11(2,3)10(12(13,14)15)17-9(19)7-4-5-8(18)16-6-7/h4-6,10H,1-3H3,(H,16,18)(H,17,19)/t10-/m0/s1. The van der Waals surface area contributed by atoms with Crippen molar-refractivity contribution < 1.29 is 18.0 Å². The van der Waals surface area contributed by atoms with Gasteiger partial charge in [-0.25, -0.2) is 0 Å². The number of aromatic nitrogens is 1. The maximum atomic E-state index is 12.9. The van der Waals surface area contributed by atoms with Gasteiger partial charge in [0.05, 0.1) is 5.56 Å². The molecule has 0 bridgehead atoms. The maximum absolute atomic E-state index is 12.9. The van der Waals surface area contributed by atoms with Gasteiger partial charge in [-0.05, 0) is 11.5 Å². The number of amides is 1. The van der Waals surface area contributed by atoms with Crippen LogP contribution in [0.2, 0.25) is 0 Å². The number of nitrogens with one attached hydrogen (secondary N) is 2. The lowest BCUT2D eigenvalue weighted by Gasteiger charge is -2.32. The number of aromatic amines is 1. The van der Waals surface area contributed by atoms with Crippen LogP contribution in [0, 0.1) is 5.41 Å². The quantitative estimate of drug-likeness (QED) is 0.868. The average molecular weight is 276 g/mol. The highest BCUT2D eigenvalue weighted by Gasteiger charge is 2.47. The molecule has 2 N–H and O–H groups in total. The van der Waals surface area contributed by atoms with Crippen LogP contribution < -0.4 is 10.9 Å². The third kappa shape index (κ3) is 4.11. The number of pyridine rings is 1. The van der Waals surface area contributed by atoms with E-state index in [1.54, 1.807) is 0 Å². The van der Waals surface area contributed by atoms with Gasteiger partial charge in [0.25, 0.3) is 5.91 Å². The molecule has 1 aromatic rings. The number of halogens is 3. The lowest BCUT2D eigenvalue weighted by atomic mass is 9.86. The van der Waals surface area contributed by atoms with Crippen LogP contribution in [0.5, 0.6) is 0 Å². The van der Waals surface area contributed by atoms with Gasteiger partial charge in [-0.2, -0.15) is 13.2 Å². The fraction of sp³-hybridized carbons (Fsp3) is 0.500. The Morgan fingerprint density at radius 2 is 1.84 bits per heavy atom. The van der Waals surface area contributed by atoms with Crippen LogP contribution in [0.4, 0.5) is 13.2 Å². The SMILES string of the molecule is CC(C)(C)[C@H](NC(=O)c1ccc(=O)[nH]c1)C(F)(F)F. The largest absolute Gasteiger partial charge is 0.409 e. The smallest absolute Gasteiger partial charge is 0.340 e. The van der Waals surface area contributed by atoms with Gasteiger partial charge in [0.1, 0.15) is 6.04 Å². The number of H-pyrrole nitrogens is 1. The Hall–Kier alpha value is -1.79. The number of hydrogen-bond donors (Lipinski definition) is 2. The molecule has 1 aromatic heterocycles. The molecule has 0 aliphatic rings. The molecule has 1 amide bonds. The fourth-order valence-electron chi connectivity index (χ4n) is 1.56. The highest BCUT2D eigenvalue weighted by Crippen LogP contribution is 2.33. The summed E-state index contributed by atoms with van der Waals surface area (Å²) in [5, 5.41) is 1.95. The molecule has 0 radical (unpaired) electrons. The molecular weight excluding hydrogens is 261 g/mol. The van der Waals surface area contributed by atoms with Crippen molar-refractivity contribution in [3.63, 3.8) is 0 Å². The molecule has 19 heavy (non-hydrogen) atoms. The van der Waals surface area contributed by atoms with E-state index in [4.69, 9.17) is 0 Å². The number of rotatable bonds is 2. The molecule has 0 fully saturated rings. The van der Waals surface area contributed by atoms with Crippen LogP contribution in [0.25, 0.3) is 0 Å². The molecule has 1 rings (SSSR count). The Morgan fingerprint density at radius 3 is 2.21 bits per heavy atom. The van der Waals surface area contributed by atoms with Crippen LogP contribution >= 0.6 is 0 Å². The molecule has 7 heteroatoms. The summed E-state index contributed by atoms with van der Waals surface area (Å²) in [5.41, 5.74) is -1.63. The number of carbonyl (C=O) groups is 1. The summed E-state index contributed by atoms with van der Waals surface area (Å²) < 4.78 is 38.7. The van der Waals surface area contributed by atoms with Gasteiger partial charge < -0.3 is 10.3 Å². The lowest BCUT2D eigenvalue weighted by molar-refractivity contribution is -0.174. The van der Waals surface area contributed by atoms with Crippen molar-refractivity contribution in [3.8, 4) is 0 Å². The third-order valence-electron chi connectivity index (χ3n) is 2.52. The van der Waals surface area contributed by atoms with Crippen LogP contribution in [-0.4, -0.2) is 23.1 Å². The third-order valence-corrected chi connectivity index (χ3v) is 2.52. The van der Waals surface area contributed by atoms with Crippen LogP contribution in [0.3, 0.4) is 0 Å². The molecule has 0 aromatic carbocycles. The van der Waals surface area contributed by atoms with E-state index < -0.39 is 29.1 Å². The average Bonchev–Trinajstić information content (AvgIpc) is 2.23. The van der Waals surface area contributed by atoms with E-state index in [1.165, 1.54) is 26.8 Å². The monoisotopic (exact) mass is 276 g/mol. The molecule has 1 atom stereocenters. The Morgan fingerprint density at radius 1 is 1.26 bits per heavy atom. The van der Waals surface area contributed by atoms with Gasteiger partial charge in [0.15, 0.2) is 0 Å². The van der Waals surface area contributed by atoms with E-state index in [-0.39, 0.29) is 5.56 Å². The molecule has 106 valence electrons. The Labute approximate surface area is 108 Å². The van der Waals surface area contributed by atoms with Crippen molar-refractivity contribution in [2.75, 3.05) is 0 Å². The molecule has 0 spiro atoms. The van der Waals surface area contributed by atoms with E-state index >= 15 is 0 Å². The van der Waals surface area contributed by atoms with Gasteiger partial charge in [0, 0.05) is 12.3 Å². The zero-order chi connectivity index (χ0) is 14.8. The molecule has 1 heterocycles. The fourth-order valence-corrected chi connectivity index (χ4v) is 1.56. The van der Waals surface area contributed by atoms with Gasteiger partial charge in [-0.1, -0.05) is 20.8 Å². The first kappa shape index (κ1) is 15.3.